The van der Waals surface area contributed by atoms with Crippen LogP contribution in [0.4, 0.5) is 5.69 Å². The third-order valence-corrected chi connectivity index (χ3v) is 3.47. The van der Waals surface area contributed by atoms with E-state index in [1.807, 2.05) is 0 Å². The van der Waals surface area contributed by atoms with Gasteiger partial charge in [0.05, 0.1) is 5.69 Å². The van der Waals surface area contributed by atoms with Crippen molar-refractivity contribution in [3.8, 4) is 0 Å². The molecule has 0 bridgehead atoms. The van der Waals surface area contributed by atoms with Gasteiger partial charge in [-0.25, -0.2) is 4.98 Å². The van der Waals surface area contributed by atoms with Crippen LogP contribution in [-0.2, 0) is 12.8 Å². The summed E-state index contributed by atoms with van der Waals surface area (Å²) in [6, 6.07) is 3.40. The van der Waals surface area contributed by atoms with Crippen LogP contribution in [0.1, 0.15) is 34.7 Å². The van der Waals surface area contributed by atoms with Crippen LogP contribution in [0.2, 0.25) is 5.15 Å². The maximum absolute atomic E-state index is 12.2. The first-order chi connectivity index (χ1) is 9.25. The summed E-state index contributed by atoms with van der Waals surface area (Å²) >= 11 is 5.90. The molecule has 0 saturated carbocycles. The average molecular weight is 278 g/mol. The second kappa shape index (κ2) is 5.01. The number of carbonyl (C=O) groups excluding carboxylic acids is 1. The van der Waals surface area contributed by atoms with Crippen molar-refractivity contribution in [2.24, 2.45) is 0 Å². The topological polar surface area (TPSA) is 68.0 Å². The Morgan fingerprint density at radius 2 is 2.21 bits per heavy atom. The number of anilines is 1. The maximum atomic E-state index is 12.2. The van der Waals surface area contributed by atoms with Crippen molar-refractivity contribution in [1.29, 1.82) is 0 Å². The molecule has 0 atom stereocenters. The molecule has 0 unspecified atom stereocenters. The molecule has 19 heavy (non-hydrogen) atoms. The summed E-state index contributed by atoms with van der Waals surface area (Å²) in [7, 11) is 0. The normalized spacial score (nSPS) is 13.9. The molecule has 0 aliphatic heterocycles. The Morgan fingerprint density at radius 3 is 3.05 bits per heavy atom. The predicted molar refractivity (Wildman–Crippen MR) is 70.3 cm³/mol. The van der Waals surface area contributed by atoms with Crippen molar-refractivity contribution in [2.45, 2.75) is 25.7 Å². The molecular weight excluding hydrogens is 266 g/mol. The highest BCUT2D eigenvalue weighted by Gasteiger charge is 2.24. The number of aromatic nitrogens is 2. The third-order valence-electron chi connectivity index (χ3n) is 3.17. The summed E-state index contributed by atoms with van der Waals surface area (Å²) in [5, 5.41) is 6.84. The van der Waals surface area contributed by atoms with Crippen LogP contribution in [0.3, 0.4) is 0 Å². The van der Waals surface area contributed by atoms with Crippen LogP contribution < -0.4 is 5.32 Å². The lowest BCUT2D eigenvalue weighted by atomic mass is 9.96. The van der Waals surface area contributed by atoms with Crippen LogP contribution in [-0.4, -0.2) is 16.0 Å². The molecule has 0 spiro atoms. The molecule has 0 radical (unpaired) electrons. The van der Waals surface area contributed by atoms with E-state index in [-0.39, 0.29) is 11.1 Å². The van der Waals surface area contributed by atoms with Crippen LogP contribution in [0, 0.1) is 0 Å². The number of amides is 1. The second-order valence-electron chi connectivity index (χ2n) is 4.44. The molecule has 1 aliphatic rings. The summed E-state index contributed by atoms with van der Waals surface area (Å²) < 4.78 is 5.22. The Labute approximate surface area is 115 Å². The van der Waals surface area contributed by atoms with Crippen molar-refractivity contribution in [3.63, 3.8) is 0 Å². The van der Waals surface area contributed by atoms with Gasteiger partial charge in [0.2, 0.25) is 0 Å². The van der Waals surface area contributed by atoms with Gasteiger partial charge in [0.1, 0.15) is 5.76 Å². The van der Waals surface area contributed by atoms with Gasteiger partial charge in [0.25, 0.3) is 5.91 Å². The SMILES string of the molecule is O=C(Nc1cccnc1Cl)c1noc2c1CCCC2. The summed E-state index contributed by atoms with van der Waals surface area (Å²) in [5.41, 5.74) is 1.75. The molecule has 0 aromatic carbocycles. The fourth-order valence-electron chi connectivity index (χ4n) is 2.22. The minimum atomic E-state index is -0.304. The first kappa shape index (κ1) is 12.2. The largest absolute Gasteiger partial charge is 0.360 e. The highest BCUT2D eigenvalue weighted by Crippen LogP contribution is 2.25. The van der Waals surface area contributed by atoms with Gasteiger partial charge in [0, 0.05) is 18.2 Å². The summed E-state index contributed by atoms with van der Waals surface area (Å²) in [4.78, 5) is 16.1. The molecule has 3 rings (SSSR count). The highest BCUT2D eigenvalue weighted by molar-refractivity contribution is 6.32. The average Bonchev–Trinajstić information content (AvgIpc) is 2.85. The Balaban J connectivity index is 1.85. The zero-order chi connectivity index (χ0) is 13.2. The molecule has 1 amide bonds. The summed E-state index contributed by atoms with van der Waals surface area (Å²) in [5.74, 6) is 0.524. The lowest BCUT2D eigenvalue weighted by Gasteiger charge is -2.09. The van der Waals surface area contributed by atoms with Crippen LogP contribution in [0.15, 0.2) is 22.9 Å². The molecule has 2 aromatic heterocycles. The molecule has 0 saturated heterocycles. The first-order valence-electron chi connectivity index (χ1n) is 6.15. The van der Waals surface area contributed by atoms with Gasteiger partial charge in [-0.05, 0) is 31.4 Å². The van der Waals surface area contributed by atoms with E-state index in [9.17, 15) is 4.79 Å². The number of hydrogen-bond acceptors (Lipinski definition) is 4. The third kappa shape index (κ3) is 2.33. The fourth-order valence-corrected chi connectivity index (χ4v) is 2.39. The van der Waals surface area contributed by atoms with Crippen molar-refractivity contribution in [3.05, 3.63) is 40.5 Å². The van der Waals surface area contributed by atoms with Crippen molar-refractivity contribution < 1.29 is 9.32 Å². The minimum Gasteiger partial charge on any atom is -0.360 e. The lowest BCUT2D eigenvalue weighted by molar-refractivity contribution is 0.101. The van der Waals surface area contributed by atoms with Crippen molar-refractivity contribution in [2.75, 3.05) is 5.32 Å². The first-order valence-corrected chi connectivity index (χ1v) is 6.53. The molecular formula is C13H12ClN3O2. The Morgan fingerprint density at radius 1 is 1.37 bits per heavy atom. The standard InChI is InChI=1S/C13H12ClN3O2/c14-12-9(5-3-7-15-12)16-13(18)11-8-4-1-2-6-10(8)19-17-11/h3,5,7H,1-2,4,6H2,(H,16,18). The van der Waals surface area contributed by atoms with Crippen LogP contribution in [0.5, 0.6) is 0 Å². The minimum absolute atomic E-state index is 0.258. The predicted octanol–water partition coefficient (Wildman–Crippen LogP) is 2.85. The molecule has 6 heteroatoms. The zero-order valence-electron chi connectivity index (χ0n) is 10.1. The van der Waals surface area contributed by atoms with Crippen LogP contribution >= 0.6 is 11.6 Å². The van der Waals surface area contributed by atoms with E-state index in [0.717, 1.165) is 37.0 Å². The van der Waals surface area contributed by atoms with E-state index >= 15 is 0 Å². The number of aryl methyl sites for hydroxylation is 1. The Bertz CT molecular complexity index is 624. The van der Waals surface area contributed by atoms with Gasteiger partial charge in [-0.2, -0.15) is 0 Å². The lowest BCUT2D eigenvalue weighted by Crippen LogP contribution is -2.16. The highest BCUT2D eigenvalue weighted by atomic mass is 35.5. The van der Waals surface area contributed by atoms with Gasteiger partial charge in [-0.1, -0.05) is 16.8 Å². The molecule has 0 fully saturated rings. The van der Waals surface area contributed by atoms with Gasteiger partial charge >= 0.3 is 0 Å². The van der Waals surface area contributed by atoms with E-state index < -0.39 is 0 Å². The van der Waals surface area contributed by atoms with E-state index in [1.165, 1.54) is 0 Å². The number of rotatable bonds is 2. The van der Waals surface area contributed by atoms with Crippen molar-refractivity contribution in [1.82, 2.24) is 10.1 Å². The van der Waals surface area contributed by atoms with E-state index in [2.05, 4.69) is 15.5 Å². The smallest absolute Gasteiger partial charge is 0.278 e. The van der Waals surface area contributed by atoms with Crippen molar-refractivity contribution >= 4 is 23.2 Å². The fraction of sp³-hybridized carbons (Fsp3) is 0.308. The molecule has 1 aliphatic carbocycles. The molecule has 1 N–H and O–H groups in total. The Kier molecular flexibility index (Phi) is 3.21. The number of pyridine rings is 1. The maximum Gasteiger partial charge on any atom is 0.278 e. The number of nitrogens with one attached hydrogen (secondary N) is 1. The molecule has 2 heterocycles. The number of nitrogens with zero attached hydrogens (tertiary/aromatic N) is 2. The summed E-state index contributed by atoms with van der Waals surface area (Å²) in [6.07, 6.45) is 5.39. The Hall–Kier alpha value is -1.88. The van der Waals surface area contributed by atoms with E-state index in [4.69, 9.17) is 16.1 Å². The number of carbonyl (C=O) groups is 1. The summed E-state index contributed by atoms with van der Waals surface area (Å²) in [6.45, 7) is 0. The number of fused-ring (bicyclic) bond motifs is 1. The molecule has 98 valence electrons. The van der Waals surface area contributed by atoms with Gasteiger partial charge < -0.3 is 9.84 Å². The molecule has 5 nitrogen and oxygen atoms in total. The number of hydrogen-bond donors (Lipinski definition) is 1. The van der Waals surface area contributed by atoms with Gasteiger partial charge in [-0.15, -0.1) is 0 Å². The monoisotopic (exact) mass is 277 g/mol. The van der Waals surface area contributed by atoms with Gasteiger partial charge in [-0.3, -0.25) is 4.79 Å². The number of halogens is 1. The zero-order valence-corrected chi connectivity index (χ0v) is 10.9. The van der Waals surface area contributed by atoms with Crippen LogP contribution in [0.25, 0.3) is 0 Å². The quantitative estimate of drug-likeness (QED) is 0.857. The van der Waals surface area contributed by atoms with E-state index in [1.54, 1.807) is 18.3 Å². The van der Waals surface area contributed by atoms with Gasteiger partial charge in [0.15, 0.2) is 10.8 Å². The second-order valence-corrected chi connectivity index (χ2v) is 4.79. The van der Waals surface area contributed by atoms with E-state index in [0.29, 0.717) is 11.4 Å². The molecule has 2 aromatic rings.